The Kier molecular flexibility index (Phi) is 5.64. The second kappa shape index (κ2) is 8.11. The minimum Gasteiger partial charge on any atom is -0.382 e. The molecule has 2 aromatic rings. The van der Waals surface area contributed by atoms with Crippen LogP contribution in [0.5, 0.6) is 0 Å². The molecule has 1 saturated heterocycles. The molecule has 5 heteroatoms. The fraction of sp³-hybridized carbons (Fsp3) is 0.350. The second-order valence-electron chi connectivity index (χ2n) is 6.23. The minimum atomic E-state index is -0.495. The average molecular weight is 339 g/mol. The van der Waals surface area contributed by atoms with E-state index in [1.54, 1.807) is 12.1 Å². The minimum absolute atomic E-state index is 0.0622. The molecule has 3 rings (SSSR count). The van der Waals surface area contributed by atoms with Gasteiger partial charge in [0, 0.05) is 19.6 Å². The van der Waals surface area contributed by atoms with E-state index in [0.29, 0.717) is 25.4 Å². The van der Waals surface area contributed by atoms with E-state index in [1.807, 2.05) is 6.07 Å². The Balaban J connectivity index is 1.81. The lowest BCUT2D eigenvalue weighted by Gasteiger charge is -2.35. The molecule has 1 unspecified atom stereocenters. The first-order valence-electron chi connectivity index (χ1n) is 8.50. The summed E-state index contributed by atoms with van der Waals surface area (Å²) < 4.78 is 19.3. The second-order valence-corrected chi connectivity index (χ2v) is 6.23. The molecule has 1 aliphatic rings. The van der Waals surface area contributed by atoms with Gasteiger partial charge >= 0.3 is 0 Å². The molecule has 0 radical (unpaired) electrons. The molecule has 1 fully saturated rings. The predicted octanol–water partition coefficient (Wildman–Crippen LogP) is 3.49. The van der Waals surface area contributed by atoms with Crippen LogP contribution in [0.15, 0.2) is 42.5 Å². The maximum absolute atomic E-state index is 13.8. The van der Waals surface area contributed by atoms with Gasteiger partial charge < -0.3 is 10.1 Å². The van der Waals surface area contributed by atoms with Gasteiger partial charge in [-0.05, 0) is 24.6 Å². The quantitative estimate of drug-likeness (QED) is 0.906. The highest BCUT2D eigenvalue weighted by molar-refractivity contribution is 5.58. The topological polar surface area (TPSA) is 48.3 Å². The number of aryl methyl sites for hydroxylation is 1. The zero-order valence-corrected chi connectivity index (χ0v) is 14.3. The van der Waals surface area contributed by atoms with Gasteiger partial charge in [-0.2, -0.15) is 5.26 Å². The predicted molar refractivity (Wildman–Crippen MR) is 95.9 cm³/mol. The van der Waals surface area contributed by atoms with Crippen LogP contribution < -0.4 is 5.32 Å². The van der Waals surface area contributed by atoms with Gasteiger partial charge in [-0.1, -0.05) is 35.9 Å². The van der Waals surface area contributed by atoms with Gasteiger partial charge in [0.1, 0.15) is 17.4 Å². The Bertz CT molecular complexity index is 749. The number of halogens is 1. The molecule has 25 heavy (non-hydrogen) atoms. The van der Waals surface area contributed by atoms with E-state index in [1.165, 1.54) is 17.2 Å². The zero-order chi connectivity index (χ0) is 17.6. The highest BCUT2D eigenvalue weighted by atomic mass is 19.1. The lowest BCUT2D eigenvalue weighted by Crippen LogP contribution is -2.41. The van der Waals surface area contributed by atoms with Crippen molar-refractivity contribution in [3.05, 3.63) is 65.0 Å². The molecule has 1 atom stereocenters. The molecular formula is C20H22FN3O. The van der Waals surface area contributed by atoms with Crippen molar-refractivity contribution in [3.8, 4) is 6.07 Å². The normalized spacial score (nSPS) is 16.2. The number of anilines is 1. The maximum Gasteiger partial charge on any atom is 0.143 e. The van der Waals surface area contributed by atoms with Crippen LogP contribution in [0.2, 0.25) is 0 Å². The van der Waals surface area contributed by atoms with Crippen LogP contribution in [-0.2, 0) is 4.74 Å². The number of nitrogens with one attached hydrogen (secondary N) is 1. The SMILES string of the molecule is Cc1ccc(C(CNc2cccc(F)c2C#N)N2CCOCC2)cc1. The molecule has 0 saturated carbocycles. The van der Waals surface area contributed by atoms with Gasteiger partial charge in [-0.3, -0.25) is 4.90 Å². The van der Waals surface area contributed by atoms with Crippen molar-refractivity contribution in [2.75, 3.05) is 38.2 Å². The van der Waals surface area contributed by atoms with Gasteiger partial charge in [0.25, 0.3) is 0 Å². The van der Waals surface area contributed by atoms with Gasteiger partial charge in [-0.25, -0.2) is 4.39 Å². The van der Waals surface area contributed by atoms with E-state index in [0.717, 1.165) is 13.1 Å². The summed E-state index contributed by atoms with van der Waals surface area (Å²) in [5.74, 6) is -0.495. The van der Waals surface area contributed by atoms with Crippen LogP contribution in [0, 0.1) is 24.1 Å². The molecule has 0 bridgehead atoms. The van der Waals surface area contributed by atoms with E-state index in [9.17, 15) is 9.65 Å². The van der Waals surface area contributed by atoms with Crippen molar-refractivity contribution in [1.82, 2.24) is 4.90 Å². The molecule has 1 N–H and O–H groups in total. The average Bonchev–Trinajstić information content (AvgIpc) is 2.64. The van der Waals surface area contributed by atoms with Gasteiger partial charge in [0.05, 0.1) is 24.9 Å². The molecule has 2 aromatic carbocycles. The summed E-state index contributed by atoms with van der Waals surface area (Å²) in [6, 6.07) is 15.2. The molecule has 0 amide bonds. The number of morpholine rings is 1. The molecule has 0 aromatic heterocycles. The number of hydrogen-bond acceptors (Lipinski definition) is 4. The first-order chi connectivity index (χ1) is 12.2. The Morgan fingerprint density at radius 3 is 2.60 bits per heavy atom. The van der Waals surface area contributed by atoms with E-state index >= 15 is 0 Å². The van der Waals surface area contributed by atoms with Crippen LogP contribution in [0.1, 0.15) is 22.7 Å². The number of nitrogens with zero attached hydrogens (tertiary/aromatic N) is 2. The smallest absolute Gasteiger partial charge is 0.143 e. The van der Waals surface area contributed by atoms with Gasteiger partial charge in [0.2, 0.25) is 0 Å². The summed E-state index contributed by atoms with van der Waals surface area (Å²) in [7, 11) is 0. The third kappa shape index (κ3) is 4.16. The lowest BCUT2D eigenvalue weighted by molar-refractivity contribution is 0.0187. The van der Waals surface area contributed by atoms with Crippen molar-refractivity contribution >= 4 is 5.69 Å². The van der Waals surface area contributed by atoms with E-state index in [2.05, 4.69) is 41.4 Å². The first-order valence-corrected chi connectivity index (χ1v) is 8.50. The van der Waals surface area contributed by atoms with E-state index in [-0.39, 0.29) is 11.6 Å². The Morgan fingerprint density at radius 2 is 1.92 bits per heavy atom. The fourth-order valence-electron chi connectivity index (χ4n) is 3.13. The lowest BCUT2D eigenvalue weighted by atomic mass is 10.0. The van der Waals surface area contributed by atoms with Gasteiger partial charge in [-0.15, -0.1) is 0 Å². The first kappa shape index (κ1) is 17.4. The third-order valence-corrected chi connectivity index (χ3v) is 4.56. The highest BCUT2D eigenvalue weighted by Crippen LogP contribution is 2.25. The summed E-state index contributed by atoms with van der Waals surface area (Å²) in [4.78, 5) is 2.37. The maximum atomic E-state index is 13.8. The summed E-state index contributed by atoms with van der Waals surface area (Å²) in [6.45, 7) is 5.80. The summed E-state index contributed by atoms with van der Waals surface area (Å²) in [5, 5.41) is 12.5. The zero-order valence-electron chi connectivity index (χ0n) is 14.3. The van der Waals surface area contributed by atoms with E-state index < -0.39 is 5.82 Å². The Labute approximate surface area is 147 Å². The van der Waals surface area contributed by atoms with Crippen molar-refractivity contribution in [1.29, 1.82) is 5.26 Å². The van der Waals surface area contributed by atoms with Crippen molar-refractivity contribution in [2.45, 2.75) is 13.0 Å². The molecule has 1 heterocycles. The Morgan fingerprint density at radius 1 is 1.20 bits per heavy atom. The van der Waals surface area contributed by atoms with Crippen LogP contribution in [0.4, 0.5) is 10.1 Å². The number of nitriles is 1. The number of ether oxygens (including phenoxy) is 1. The number of hydrogen-bond donors (Lipinski definition) is 1. The third-order valence-electron chi connectivity index (χ3n) is 4.56. The Hall–Kier alpha value is -2.42. The molecule has 0 aliphatic carbocycles. The van der Waals surface area contributed by atoms with Crippen LogP contribution >= 0.6 is 0 Å². The highest BCUT2D eigenvalue weighted by Gasteiger charge is 2.23. The van der Waals surface area contributed by atoms with Crippen LogP contribution in [-0.4, -0.2) is 37.7 Å². The largest absolute Gasteiger partial charge is 0.382 e. The standard InChI is InChI=1S/C20H22FN3O/c1-15-5-7-16(8-6-15)20(24-9-11-25-12-10-24)14-23-19-4-2-3-18(21)17(19)13-22/h2-8,20,23H,9-12,14H2,1H3. The van der Waals surface area contributed by atoms with Crippen LogP contribution in [0.25, 0.3) is 0 Å². The summed E-state index contributed by atoms with van der Waals surface area (Å²) in [5.41, 5.74) is 3.02. The van der Waals surface area contributed by atoms with Gasteiger partial charge in [0.15, 0.2) is 0 Å². The fourth-order valence-corrected chi connectivity index (χ4v) is 3.13. The monoisotopic (exact) mass is 339 g/mol. The summed E-state index contributed by atoms with van der Waals surface area (Å²) in [6.07, 6.45) is 0. The molecular weight excluding hydrogens is 317 g/mol. The summed E-state index contributed by atoms with van der Waals surface area (Å²) >= 11 is 0. The van der Waals surface area contributed by atoms with Crippen molar-refractivity contribution in [2.24, 2.45) is 0 Å². The molecule has 1 aliphatic heterocycles. The number of rotatable bonds is 5. The van der Waals surface area contributed by atoms with Crippen molar-refractivity contribution in [3.63, 3.8) is 0 Å². The molecule has 0 spiro atoms. The van der Waals surface area contributed by atoms with E-state index in [4.69, 9.17) is 4.74 Å². The number of benzene rings is 2. The van der Waals surface area contributed by atoms with Crippen molar-refractivity contribution < 1.29 is 9.13 Å². The molecule has 130 valence electrons. The van der Waals surface area contributed by atoms with Crippen LogP contribution in [0.3, 0.4) is 0 Å². The molecule has 4 nitrogen and oxygen atoms in total.